The Balaban J connectivity index is 1.87. The maximum Gasteiger partial charge on any atom is 0.267 e. The Kier molecular flexibility index (Phi) is 4.12. The number of carbonyl (C=O) groups excluding carboxylic acids is 2. The first-order chi connectivity index (χ1) is 11.5. The standard InChI is InChI=1S/C18H18N2O4/c1-11-18(22)20(2)14-10-12(8-9-16(14)24-11)19-17(21)13-6-4-5-7-15(13)23-3/h4-11H,1-3H3,(H,19,21)/t11-/m1/s1. The van der Waals surface area contributed by atoms with E-state index in [0.717, 1.165) is 0 Å². The zero-order valence-corrected chi connectivity index (χ0v) is 13.7. The van der Waals surface area contributed by atoms with Crippen molar-refractivity contribution in [3.05, 3.63) is 48.0 Å². The van der Waals surface area contributed by atoms with Gasteiger partial charge in [-0.3, -0.25) is 9.59 Å². The Labute approximate surface area is 140 Å². The maximum atomic E-state index is 12.5. The highest BCUT2D eigenvalue weighted by molar-refractivity contribution is 6.07. The molecule has 0 fully saturated rings. The minimum atomic E-state index is -0.517. The minimum Gasteiger partial charge on any atom is -0.496 e. The van der Waals surface area contributed by atoms with Gasteiger partial charge in [-0.2, -0.15) is 0 Å². The van der Waals surface area contributed by atoms with E-state index in [1.54, 1.807) is 56.4 Å². The van der Waals surface area contributed by atoms with E-state index in [0.29, 0.717) is 28.4 Å². The fourth-order valence-corrected chi connectivity index (χ4v) is 2.62. The van der Waals surface area contributed by atoms with Crippen LogP contribution in [0.25, 0.3) is 0 Å². The molecule has 2 amide bonds. The second kappa shape index (κ2) is 6.23. The number of nitrogens with one attached hydrogen (secondary N) is 1. The van der Waals surface area contributed by atoms with Crippen molar-refractivity contribution in [2.75, 3.05) is 24.4 Å². The summed E-state index contributed by atoms with van der Waals surface area (Å²) >= 11 is 0. The molecule has 24 heavy (non-hydrogen) atoms. The SMILES string of the molecule is COc1ccccc1C(=O)Nc1ccc2c(c1)N(C)C(=O)[C@@H](C)O2. The molecule has 0 aromatic heterocycles. The van der Waals surface area contributed by atoms with Crippen LogP contribution in [0.3, 0.4) is 0 Å². The number of amides is 2. The maximum absolute atomic E-state index is 12.5. The molecule has 0 aliphatic carbocycles. The summed E-state index contributed by atoms with van der Waals surface area (Å²) in [5.41, 5.74) is 1.63. The van der Waals surface area contributed by atoms with Crippen molar-refractivity contribution in [3.63, 3.8) is 0 Å². The van der Waals surface area contributed by atoms with Gasteiger partial charge in [-0.05, 0) is 37.3 Å². The van der Waals surface area contributed by atoms with Gasteiger partial charge in [0.1, 0.15) is 11.5 Å². The third-order valence-corrected chi connectivity index (χ3v) is 3.91. The van der Waals surface area contributed by atoms with E-state index in [2.05, 4.69) is 5.32 Å². The van der Waals surface area contributed by atoms with Crippen LogP contribution in [0.5, 0.6) is 11.5 Å². The van der Waals surface area contributed by atoms with Crippen LogP contribution >= 0.6 is 0 Å². The lowest BCUT2D eigenvalue weighted by Crippen LogP contribution is -2.41. The van der Waals surface area contributed by atoms with E-state index >= 15 is 0 Å². The van der Waals surface area contributed by atoms with Gasteiger partial charge in [0, 0.05) is 12.7 Å². The summed E-state index contributed by atoms with van der Waals surface area (Å²) in [5.74, 6) is 0.694. The quantitative estimate of drug-likeness (QED) is 0.941. The average molecular weight is 326 g/mol. The summed E-state index contributed by atoms with van der Waals surface area (Å²) in [5, 5.41) is 2.82. The van der Waals surface area contributed by atoms with E-state index in [1.165, 1.54) is 12.0 Å². The van der Waals surface area contributed by atoms with Gasteiger partial charge in [-0.25, -0.2) is 0 Å². The first kappa shape index (κ1) is 15.9. The first-order valence-electron chi connectivity index (χ1n) is 7.54. The number of carbonyl (C=O) groups is 2. The van der Waals surface area contributed by atoms with Crippen LogP contribution in [0.2, 0.25) is 0 Å². The molecule has 6 heteroatoms. The van der Waals surface area contributed by atoms with E-state index in [-0.39, 0.29) is 11.8 Å². The molecule has 2 aromatic carbocycles. The number of ether oxygens (including phenoxy) is 2. The van der Waals surface area contributed by atoms with Gasteiger partial charge in [0.25, 0.3) is 11.8 Å². The lowest BCUT2D eigenvalue weighted by Gasteiger charge is -2.30. The van der Waals surface area contributed by atoms with Crippen molar-refractivity contribution in [1.29, 1.82) is 0 Å². The van der Waals surface area contributed by atoms with Crippen LogP contribution in [-0.2, 0) is 4.79 Å². The number of methoxy groups -OCH3 is 1. The monoisotopic (exact) mass is 326 g/mol. The highest BCUT2D eigenvalue weighted by Gasteiger charge is 2.29. The summed E-state index contributed by atoms with van der Waals surface area (Å²) in [6.45, 7) is 1.71. The highest BCUT2D eigenvalue weighted by Crippen LogP contribution is 2.35. The number of nitrogens with zero attached hydrogens (tertiary/aromatic N) is 1. The number of rotatable bonds is 3. The van der Waals surface area contributed by atoms with Gasteiger partial charge in [0.15, 0.2) is 6.10 Å². The number of benzene rings is 2. The molecule has 2 aromatic rings. The zero-order chi connectivity index (χ0) is 17.3. The van der Waals surface area contributed by atoms with Crippen molar-refractivity contribution in [2.24, 2.45) is 0 Å². The predicted octanol–water partition coefficient (Wildman–Crippen LogP) is 2.69. The number of hydrogen-bond donors (Lipinski definition) is 1. The third-order valence-electron chi connectivity index (χ3n) is 3.91. The van der Waals surface area contributed by atoms with Crippen LogP contribution in [-0.4, -0.2) is 32.1 Å². The molecule has 0 saturated heterocycles. The topological polar surface area (TPSA) is 67.9 Å². The molecule has 124 valence electrons. The molecule has 1 atom stereocenters. The van der Waals surface area contributed by atoms with Gasteiger partial charge >= 0.3 is 0 Å². The molecule has 0 bridgehead atoms. The fraction of sp³-hybridized carbons (Fsp3) is 0.222. The second-order valence-electron chi connectivity index (χ2n) is 5.49. The Morgan fingerprint density at radius 1 is 1.25 bits per heavy atom. The van der Waals surface area contributed by atoms with Gasteiger partial charge in [-0.1, -0.05) is 12.1 Å². The molecular formula is C18H18N2O4. The average Bonchev–Trinajstić information content (AvgIpc) is 2.60. The number of para-hydroxylation sites is 1. The van der Waals surface area contributed by atoms with Gasteiger partial charge in [0.2, 0.25) is 0 Å². The summed E-state index contributed by atoms with van der Waals surface area (Å²) in [4.78, 5) is 26.0. The van der Waals surface area contributed by atoms with Crippen LogP contribution < -0.4 is 19.7 Å². The van der Waals surface area contributed by atoms with E-state index in [9.17, 15) is 9.59 Å². The predicted molar refractivity (Wildman–Crippen MR) is 90.9 cm³/mol. The largest absolute Gasteiger partial charge is 0.496 e. The fourth-order valence-electron chi connectivity index (χ4n) is 2.62. The molecule has 1 aliphatic rings. The smallest absolute Gasteiger partial charge is 0.267 e. The van der Waals surface area contributed by atoms with Gasteiger partial charge in [0.05, 0.1) is 18.4 Å². The summed E-state index contributed by atoms with van der Waals surface area (Å²) in [6.07, 6.45) is -0.517. The number of likely N-dealkylation sites (N-methyl/N-ethyl adjacent to an activating group) is 1. The van der Waals surface area contributed by atoms with Crippen LogP contribution in [0, 0.1) is 0 Å². The molecule has 1 aliphatic heterocycles. The molecule has 0 unspecified atom stereocenters. The van der Waals surface area contributed by atoms with Crippen LogP contribution in [0.4, 0.5) is 11.4 Å². The van der Waals surface area contributed by atoms with Crippen molar-refractivity contribution >= 4 is 23.2 Å². The minimum absolute atomic E-state index is 0.129. The first-order valence-corrected chi connectivity index (χ1v) is 7.54. The summed E-state index contributed by atoms with van der Waals surface area (Å²) in [7, 11) is 3.20. The second-order valence-corrected chi connectivity index (χ2v) is 5.49. The highest BCUT2D eigenvalue weighted by atomic mass is 16.5. The Bertz CT molecular complexity index is 803. The Morgan fingerprint density at radius 3 is 2.75 bits per heavy atom. The number of fused-ring (bicyclic) bond motifs is 1. The molecule has 1 heterocycles. The molecule has 1 N–H and O–H groups in total. The van der Waals surface area contributed by atoms with Crippen molar-refractivity contribution in [2.45, 2.75) is 13.0 Å². The lowest BCUT2D eigenvalue weighted by molar-refractivity contribution is -0.125. The molecular weight excluding hydrogens is 308 g/mol. The molecule has 0 saturated carbocycles. The van der Waals surface area contributed by atoms with Crippen molar-refractivity contribution < 1.29 is 19.1 Å². The van der Waals surface area contributed by atoms with Crippen molar-refractivity contribution in [3.8, 4) is 11.5 Å². The molecule has 0 radical (unpaired) electrons. The number of anilines is 2. The van der Waals surface area contributed by atoms with E-state index in [4.69, 9.17) is 9.47 Å². The summed E-state index contributed by atoms with van der Waals surface area (Å²) in [6, 6.07) is 12.2. The normalized spacial score (nSPS) is 16.2. The third kappa shape index (κ3) is 2.78. The lowest BCUT2D eigenvalue weighted by atomic mass is 10.1. The van der Waals surface area contributed by atoms with Crippen molar-refractivity contribution in [1.82, 2.24) is 0 Å². The van der Waals surface area contributed by atoms with Gasteiger partial charge < -0.3 is 19.7 Å². The van der Waals surface area contributed by atoms with Gasteiger partial charge in [-0.15, -0.1) is 0 Å². The molecule has 6 nitrogen and oxygen atoms in total. The molecule has 0 spiro atoms. The number of hydrogen-bond acceptors (Lipinski definition) is 4. The van der Waals surface area contributed by atoms with E-state index < -0.39 is 6.10 Å². The zero-order valence-electron chi connectivity index (χ0n) is 13.7. The van der Waals surface area contributed by atoms with Crippen LogP contribution in [0.1, 0.15) is 17.3 Å². The van der Waals surface area contributed by atoms with E-state index in [1.807, 2.05) is 0 Å². The Hall–Kier alpha value is -3.02. The van der Waals surface area contributed by atoms with Crippen LogP contribution in [0.15, 0.2) is 42.5 Å². The summed E-state index contributed by atoms with van der Waals surface area (Å²) < 4.78 is 10.8. The molecule has 3 rings (SSSR count). The Morgan fingerprint density at radius 2 is 2.00 bits per heavy atom.